The zero-order chi connectivity index (χ0) is 14.4. The van der Waals surface area contributed by atoms with Crippen LogP contribution in [-0.2, 0) is 4.79 Å². The van der Waals surface area contributed by atoms with Crippen molar-refractivity contribution >= 4 is 11.6 Å². The van der Waals surface area contributed by atoms with Crippen LogP contribution in [0.15, 0.2) is 4.52 Å². The molecule has 1 aromatic heterocycles. The fraction of sp³-hybridized carbons (Fsp3) is 0.667. The largest absolute Gasteiger partial charge is 0.383 e. The summed E-state index contributed by atoms with van der Waals surface area (Å²) in [6.45, 7) is 3.10. The molecular weight excluding hydrogens is 258 g/mol. The molecule has 1 N–H and O–H groups in total. The van der Waals surface area contributed by atoms with Crippen molar-refractivity contribution in [1.29, 1.82) is 0 Å². The molecule has 0 unspecified atom stereocenters. The molecule has 0 atom stereocenters. The second-order valence-electron chi connectivity index (χ2n) is 5.00. The van der Waals surface area contributed by atoms with Gasteiger partial charge in [-0.15, -0.1) is 0 Å². The topological polar surface area (TPSA) is 66.6 Å². The number of nitrogens with zero attached hydrogens (tertiary/aromatic N) is 2. The summed E-state index contributed by atoms with van der Waals surface area (Å²) in [6, 6.07) is 0. The van der Waals surface area contributed by atoms with Gasteiger partial charge in [-0.3, -0.25) is 4.79 Å². The molecule has 0 radical (unpaired) electrons. The number of aryl methyl sites for hydroxylation is 2. The molecule has 1 saturated carbocycles. The van der Waals surface area contributed by atoms with E-state index in [0.29, 0.717) is 12.1 Å². The number of aliphatic hydroxyl groups is 1. The smallest absolute Gasteiger partial charge is 0.352 e. The number of carbonyl (C=O) groups excluding carboxylic acids is 1. The molecule has 0 bridgehead atoms. The van der Waals surface area contributed by atoms with Crippen LogP contribution < -0.4 is 4.90 Å². The van der Waals surface area contributed by atoms with Gasteiger partial charge in [0.2, 0.25) is 0 Å². The van der Waals surface area contributed by atoms with Gasteiger partial charge >= 0.3 is 5.92 Å². The molecule has 19 heavy (non-hydrogen) atoms. The fourth-order valence-electron chi connectivity index (χ4n) is 2.29. The molecule has 1 fully saturated rings. The molecule has 1 amide bonds. The second kappa shape index (κ2) is 4.26. The highest BCUT2D eigenvalue weighted by Gasteiger charge is 2.62. The number of hydrogen-bond donors (Lipinski definition) is 1. The summed E-state index contributed by atoms with van der Waals surface area (Å²) < 4.78 is 33.0. The van der Waals surface area contributed by atoms with E-state index >= 15 is 0 Å². The summed E-state index contributed by atoms with van der Waals surface area (Å²) in [5.41, 5.74) is -1.66. The zero-order valence-corrected chi connectivity index (χ0v) is 11.0. The van der Waals surface area contributed by atoms with Gasteiger partial charge in [-0.05, 0) is 33.1 Å². The van der Waals surface area contributed by atoms with Gasteiger partial charge in [-0.2, -0.15) is 8.78 Å². The summed E-state index contributed by atoms with van der Waals surface area (Å²) in [6.07, 6.45) is 0.358. The minimum atomic E-state index is -3.81. The molecule has 0 aliphatic heterocycles. The zero-order valence-electron chi connectivity index (χ0n) is 11.0. The van der Waals surface area contributed by atoms with E-state index < -0.39 is 17.4 Å². The molecule has 5 nitrogen and oxygen atoms in total. The van der Waals surface area contributed by atoms with Gasteiger partial charge in [0.1, 0.15) is 17.0 Å². The maximum Gasteiger partial charge on any atom is 0.352 e. The standard InChI is InChI=1S/C12H16F2N2O3/c1-7-9(8(2)19-15-7)16(3)10(17)12(13,14)11(18)5-4-6-11/h18H,4-6H2,1-3H3. The van der Waals surface area contributed by atoms with Crippen LogP contribution in [0.1, 0.15) is 30.7 Å². The van der Waals surface area contributed by atoms with Crippen molar-refractivity contribution in [2.45, 2.75) is 44.6 Å². The minimum absolute atomic E-state index is 0.0683. The molecule has 1 heterocycles. The average molecular weight is 274 g/mol. The van der Waals surface area contributed by atoms with Crippen molar-refractivity contribution in [2.24, 2.45) is 0 Å². The van der Waals surface area contributed by atoms with E-state index in [1.54, 1.807) is 6.92 Å². The van der Waals surface area contributed by atoms with Crippen LogP contribution in [0, 0.1) is 13.8 Å². The predicted molar refractivity (Wildman–Crippen MR) is 63.1 cm³/mol. The van der Waals surface area contributed by atoms with E-state index in [9.17, 15) is 18.7 Å². The Balaban J connectivity index is 2.29. The van der Waals surface area contributed by atoms with E-state index in [1.807, 2.05) is 0 Å². The quantitative estimate of drug-likeness (QED) is 0.912. The second-order valence-corrected chi connectivity index (χ2v) is 5.00. The highest BCUT2D eigenvalue weighted by atomic mass is 19.3. The van der Waals surface area contributed by atoms with Crippen molar-refractivity contribution < 1.29 is 23.2 Å². The van der Waals surface area contributed by atoms with E-state index in [4.69, 9.17) is 4.52 Å². The molecule has 1 aromatic rings. The van der Waals surface area contributed by atoms with Gasteiger partial charge in [0.25, 0.3) is 5.91 Å². The Bertz CT molecular complexity index is 490. The number of hydrogen-bond acceptors (Lipinski definition) is 4. The van der Waals surface area contributed by atoms with Crippen LogP contribution >= 0.6 is 0 Å². The number of aromatic nitrogens is 1. The third kappa shape index (κ3) is 1.92. The molecule has 0 spiro atoms. The average Bonchev–Trinajstić information content (AvgIpc) is 2.63. The van der Waals surface area contributed by atoms with Crippen molar-refractivity contribution in [3.8, 4) is 0 Å². The maximum atomic E-state index is 14.1. The first kappa shape index (κ1) is 13.9. The first-order valence-corrected chi connectivity index (χ1v) is 6.02. The van der Waals surface area contributed by atoms with Crippen LogP contribution in [0.5, 0.6) is 0 Å². The molecule has 1 aliphatic rings. The number of alkyl halides is 2. The summed E-state index contributed by atoms with van der Waals surface area (Å²) >= 11 is 0. The molecular formula is C12H16F2N2O3. The Labute approximate surface area is 109 Å². The van der Waals surface area contributed by atoms with E-state index in [-0.39, 0.29) is 24.3 Å². The van der Waals surface area contributed by atoms with Gasteiger partial charge < -0.3 is 14.5 Å². The van der Waals surface area contributed by atoms with Gasteiger partial charge in [-0.25, -0.2) is 0 Å². The summed E-state index contributed by atoms with van der Waals surface area (Å²) in [4.78, 5) is 12.8. The molecule has 7 heteroatoms. The van der Waals surface area contributed by atoms with E-state index in [0.717, 1.165) is 4.90 Å². The monoisotopic (exact) mass is 274 g/mol. The Morgan fingerprint density at radius 1 is 1.47 bits per heavy atom. The highest BCUT2D eigenvalue weighted by Crippen LogP contribution is 2.45. The van der Waals surface area contributed by atoms with Crippen molar-refractivity contribution in [3.05, 3.63) is 11.5 Å². The Morgan fingerprint density at radius 2 is 2.05 bits per heavy atom. The lowest BCUT2D eigenvalue weighted by atomic mass is 9.75. The van der Waals surface area contributed by atoms with Crippen molar-refractivity contribution in [2.75, 3.05) is 11.9 Å². The number of carbonyl (C=O) groups is 1. The van der Waals surface area contributed by atoms with Crippen LogP contribution in [0.2, 0.25) is 0 Å². The third-order valence-electron chi connectivity index (χ3n) is 3.67. The number of amides is 1. The van der Waals surface area contributed by atoms with Gasteiger partial charge in [0.15, 0.2) is 5.76 Å². The van der Waals surface area contributed by atoms with Gasteiger partial charge in [0, 0.05) is 7.05 Å². The summed E-state index contributed by atoms with van der Waals surface area (Å²) in [7, 11) is 1.23. The molecule has 2 rings (SSSR count). The predicted octanol–water partition coefficient (Wildman–Crippen LogP) is 1.80. The lowest BCUT2D eigenvalue weighted by molar-refractivity contribution is -0.213. The molecule has 106 valence electrons. The fourth-order valence-corrected chi connectivity index (χ4v) is 2.29. The van der Waals surface area contributed by atoms with E-state index in [2.05, 4.69) is 5.16 Å². The van der Waals surface area contributed by atoms with E-state index in [1.165, 1.54) is 14.0 Å². The van der Waals surface area contributed by atoms with Crippen molar-refractivity contribution in [1.82, 2.24) is 5.16 Å². The lowest BCUT2D eigenvalue weighted by Gasteiger charge is -2.42. The highest BCUT2D eigenvalue weighted by molar-refractivity contribution is 5.99. The Hall–Kier alpha value is -1.50. The minimum Gasteiger partial charge on any atom is -0.383 e. The molecule has 1 aliphatic carbocycles. The third-order valence-corrected chi connectivity index (χ3v) is 3.67. The normalized spacial score (nSPS) is 18.0. The van der Waals surface area contributed by atoms with Crippen LogP contribution in [0.3, 0.4) is 0 Å². The Morgan fingerprint density at radius 3 is 2.42 bits per heavy atom. The van der Waals surface area contributed by atoms with Gasteiger partial charge in [-0.1, -0.05) is 5.16 Å². The molecule has 0 aromatic carbocycles. The first-order chi connectivity index (χ1) is 8.71. The van der Waals surface area contributed by atoms with Crippen LogP contribution in [0.25, 0.3) is 0 Å². The number of rotatable bonds is 3. The van der Waals surface area contributed by atoms with Crippen LogP contribution in [-0.4, -0.2) is 34.7 Å². The van der Waals surface area contributed by atoms with Crippen LogP contribution in [0.4, 0.5) is 14.5 Å². The molecule has 0 saturated heterocycles. The van der Waals surface area contributed by atoms with Gasteiger partial charge in [0.05, 0.1) is 0 Å². The van der Waals surface area contributed by atoms with Crippen molar-refractivity contribution in [3.63, 3.8) is 0 Å². The number of halogens is 2. The number of anilines is 1. The maximum absolute atomic E-state index is 14.1. The summed E-state index contributed by atoms with van der Waals surface area (Å²) in [5, 5.41) is 13.4. The Kier molecular flexibility index (Phi) is 3.12. The summed E-state index contributed by atoms with van der Waals surface area (Å²) in [5.74, 6) is -4.97. The SMILES string of the molecule is Cc1noc(C)c1N(C)C(=O)C(F)(F)C1(O)CCC1. The lowest BCUT2D eigenvalue weighted by Crippen LogP contribution is -2.61. The first-order valence-electron chi connectivity index (χ1n) is 6.02.